The van der Waals surface area contributed by atoms with Crippen LogP contribution in [0.25, 0.3) is 11.3 Å². The molecule has 0 radical (unpaired) electrons. The fourth-order valence-electron chi connectivity index (χ4n) is 2.56. The first-order chi connectivity index (χ1) is 11.4. The van der Waals surface area contributed by atoms with Crippen molar-refractivity contribution < 1.29 is 8.68 Å². The highest BCUT2D eigenvalue weighted by Crippen LogP contribution is 2.29. The Hall–Kier alpha value is -1.63. The molecule has 0 aliphatic heterocycles. The first-order valence-electron chi connectivity index (χ1n) is 9.48. The molecule has 0 aliphatic carbocycles. The third-order valence-corrected chi connectivity index (χ3v) is 3.90. The van der Waals surface area contributed by atoms with Gasteiger partial charge < -0.3 is 0 Å². The van der Waals surface area contributed by atoms with Crippen LogP contribution in [0.2, 0.25) is 0 Å². The molecule has 0 amide bonds. The summed E-state index contributed by atoms with van der Waals surface area (Å²) in [6.45, 7) is 12.4. The highest BCUT2D eigenvalue weighted by molar-refractivity contribution is 5.63. The smallest absolute Gasteiger partial charge is 0.201 e. The zero-order chi connectivity index (χ0) is 19.2. The number of rotatable bonds is 3. The van der Waals surface area contributed by atoms with Gasteiger partial charge in [0.2, 0.25) is 5.69 Å². The van der Waals surface area contributed by atoms with Gasteiger partial charge in [-0.25, -0.2) is 4.57 Å². The average molecular weight is 299 g/mol. The third-order valence-electron chi connectivity index (χ3n) is 3.90. The fraction of sp³-hybridized carbons (Fsp3) is 0.476. The molecule has 1 heteroatoms. The number of pyridine rings is 1. The normalized spacial score (nSPS) is 14.6. The van der Waals surface area contributed by atoms with Crippen LogP contribution in [0.5, 0.6) is 0 Å². The number of aromatic nitrogens is 1. The van der Waals surface area contributed by atoms with Crippen molar-refractivity contribution in [2.75, 3.05) is 0 Å². The molecule has 0 fully saturated rings. The second kappa shape index (κ2) is 6.24. The van der Waals surface area contributed by atoms with Crippen LogP contribution in [-0.2, 0) is 18.8 Å². The van der Waals surface area contributed by atoms with Crippen LogP contribution in [0.1, 0.15) is 55.4 Å². The molecular weight excluding hydrogens is 266 g/mol. The molecule has 22 heavy (non-hydrogen) atoms. The molecule has 0 spiro atoms. The van der Waals surface area contributed by atoms with Gasteiger partial charge in [-0.15, -0.1) is 0 Å². The van der Waals surface area contributed by atoms with Crippen molar-refractivity contribution in [2.24, 2.45) is 13.0 Å². The second-order valence-electron chi connectivity index (χ2n) is 7.40. The monoisotopic (exact) mass is 299 g/mol. The minimum Gasteiger partial charge on any atom is -0.201 e. The van der Waals surface area contributed by atoms with Crippen LogP contribution in [0.3, 0.4) is 0 Å². The lowest BCUT2D eigenvalue weighted by Crippen LogP contribution is -2.31. The molecule has 0 bridgehead atoms. The molecule has 0 aliphatic rings. The van der Waals surface area contributed by atoms with Crippen LogP contribution in [0, 0.1) is 12.8 Å². The van der Waals surface area contributed by atoms with E-state index in [-0.39, 0.29) is 11.3 Å². The number of hydrogen-bond acceptors (Lipinski definition) is 0. The van der Waals surface area contributed by atoms with Crippen molar-refractivity contribution in [3.05, 3.63) is 53.2 Å². The van der Waals surface area contributed by atoms with Crippen molar-refractivity contribution in [1.29, 1.82) is 0 Å². The second-order valence-corrected chi connectivity index (χ2v) is 7.40. The van der Waals surface area contributed by atoms with E-state index in [9.17, 15) is 0 Å². The molecule has 1 aromatic heterocycles. The predicted octanol–water partition coefficient (Wildman–Crippen LogP) is 4.98. The van der Waals surface area contributed by atoms with Gasteiger partial charge in [0, 0.05) is 20.4 Å². The molecule has 0 unspecified atom stereocenters. The maximum atomic E-state index is 8.42. The predicted molar refractivity (Wildman–Crippen MR) is 95.0 cm³/mol. The Labute approximate surface area is 140 Å². The van der Waals surface area contributed by atoms with Crippen LogP contribution in [0.15, 0.2) is 36.5 Å². The van der Waals surface area contributed by atoms with Crippen molar-refractivity contribution in [3.63, 3.8) is 0 Å². The van der Waals surface area contributed by atoms with Crippen molar-refractivity contribution in [3.8, 4) is 11.3 Å². The Balaban J connectivity index is 2.74. The molecule has 1 heterocycles. The Morgan fingerprint density at radius 2 is 1.86 bits per heavy atom. The van der Waals surface area contributed by atoms with Crippen LogP contribution >= 0.6 is 0 Å². The van der Waals surface area contributed by atoms with Gasteiger partial charge in [-0.1, -0.05) is 46.8 Å². The Kier molecular flexibility index (Phi) is 3.65. The van der Waals surface area contributed by atoms with E-state index < -0.39 is 6.37 Å². The molecule has 2 aromatic rings. The molecule has 0 saturated carbocycles. The maximum absolute atomic E-state index is 8.42. The summed E-state index contributed by atoms with van der Waals surface area (Å²) in [5.74, 6) is -0.158. The highest BCUT2D eigenvalue weighted by Gasteiger charge is 2.19. The SMILES string of the molecule is [2H]c1cc(C([2H])([2H])C(C)C)cc(-c2cc(C(C)(C)C)ccc2C)[n+]1C. The van der Waals surface area contributed by atoms with E-state index in [4.69, 9.17) is 4.11 Å². The number of hydrogen-bond donors (Lipinski definition) is 0. The van der Waals surface area contributed by atoms with E-state index in [1.54, 1.807) is 6.07 Å². The zero-order valence-electron chi connectivity index (χ0n) is 17.9. The number of nitrogens with zero attached hydrogens (tertiary/aromatic N) is 1. The topological polar surface area (TPSA) is 3.88 Å². The minimum absolute atomic E-state index is 0.0367. The summed E-state index contributed by atoms with van der Waals surface area (Å²) in [5.41, 5.74) is 4.92. The molecule has 1 nitrogen and oxygen atoms in total. The maximum Gasteiger partial charge on any atom is 0.212 e. The number of aryl methyl sites for hydroxylation is 1. The van der Waals surface area contributed by atoms with Gasteiger partial charge >= 0.3 is 0 Å². The quantitative estimate of drug-likeness (QED) is 0.704. The Morgan fingerprint density at radius 1 is 1.18 bits per heavy atom. The molecular formula is C21H30N+. The molecule has 1 aromatic carbocycles. The van der Waals surface area contributed by atoms with Crippen molar-refractivity contribution in [1.82, 2.24) is 0 Å². The van der Waals surface area contributed by atoms with Gasteiger partial charge in [0.25, 0.3) is 0 Å². The zero-order valence-corrected chi connectivity index (χ0v) is 14.9. The van der Waals surface area contributed by atoms with Gasteiger partial charge in [-0.2, -0.15) is 0 Å². The van der Waals surface area contributed by atoms with Gasteiger partial charge in [0.1, 0.15) is 8.42 Å². The van der Waals surface area contributed by atoms with Crippen LogP contribution < -0.4 is 4.57 Å². The molecule has 2 rings (SSSR count). The van der Waals surface area contributed by atoms with E-state index in [2.05, 4.69) is 45.9 Å². The van der Waals surface area contributed by atoms with Crippen LogP contribution in [-0.4, -0.2) is 0 Å². The first-order valence-corrected chi connectivity index (χ1v) is 7.98. The molecule has 0 atom stereocenters. The van der Waals surface area contributed by atoms with E-state index in [0.29, 0.717) is 11.7 Å². The minimum atomic E-state index is -1.46. The van der Waals surface area contributed by atoms with E-state index >= 15 is 0 Å². The van der Waals surface area contributed by atoms with Crippen LogP contribution in [0.4, 0.5) is 0 Å². The van der Waals surface area contributed by atoms with Gasteiger partial charge in [0.15, 0.2) is 6.17 Å². The van der Waals surface area contributed by atoms with E-state index in [0.717, 1.165) is 16.8 Å². The largest absolute Gasteiger partial charge is 0.212 e. The Morgan fingerprint density at radius 3 is 2.45 bits per heavy atom. The standard InChI is InChI=1S/C21H30N/c1-15(2)12-17-10-11-22(7)20(13-17)19-14-18(21(4,5)6)9-8-16(19)3/h8-11,13-15H,12H2,1-7H3/q+1/i11D,12D2. The van der Waals surface area contributed by atoms with Gasteiger partial charge in [0.05, 0.1) is 0 Å². The summed E-state index contributed by atoms with van der Waals surface area (Å²) >= 11 is 0. The highest BCUT2D eigenvalue weighted by atomic mass is 14.9. The first kappa shape index (κ1) is 12.9. The van der Waals surface area contributed by atoms with Crippen molar-refractivity contribution >= 4 is 0 Å². The molecule has 0 saturated heterocycles. The third kappa shape index (κ3) is 3.76. The molecule has 118 valence electrons. The summed E-state index contributed by atoms with van der Waals surface area (Å²) in [6, 6.07) is 10.00. The lowest BCUT2D eigenvalue weighted by Gasteiger charge is -2.20. The van der Waals surface area contributed by atoms with Gasteiger partial charge in [-0.05, 0) is 47.4 Å². The van der Waals surface area contributed by atoms with E-state index in [1.165, 1.54) is 5.56 Å². The average Bonchev–Trinajstić information content (AvgIpc) is 2.49. The lowest BCUT2D eigenvalue weighted by atomic mass is 9.84. The van der Waals surface area contributed by atoms with E-state index in [1.807, 2.05) is 31.5 Å². The summed E-state index contributed by atoms with van der Waals surface area (Å²) in [6.07, 6.45) is -1.15. The summed E-state index contributed by atoms with van der Waals surface area (Å²) in [7, 11) is 1.87. The molecule has 0 N–H and O–H groups in total. The van der Waals surface area contributed by atoms with Gasteiger partial charge in [-0.3, -0.25) is 0 Å². The van der Waals surface area contributed by atoms with Crippen molar-refractivity contribution in [2.45, 2.75) is 53.3 Å². The Bertz CT molecular complexity index is 786. The summed E-state index contributed by atoms with van der Waals surface area (Å²) in [4.78, 5) is 0. The fourth-order valence-corrected chi connectivity index (χ4v) is 2.56. The summed E-state index contributed by atoms with van der Waals surface area (Å²) < 4.78 is 27.0. The lowest BCUT2D eigenvalue weighted by molar-refractivity contribution is -0.660. The number of benzene rings is 1. The summed E-state index contributed by atoms with van der Waals surface area (Å²) in [5, 5.41) is 0.